The van der Waals surface area contributed by atoms with E-state index >= 15 is 0 Å². The zero-order valence-corrected chi connectivity index (χ0v) is 16.0. The summed E-state index contributed by atoms with van der Waals surface area (Å²) in [5, 5.41) is 6.81. The molecule has 0 fully saturated rings. The predicted molar refractivity (Wildman–Crippen MR) is 100 cm³/mol. The topological polar surface area (TPSA) is 55.1 Å². The number of nitrogens with zero attached hydrogens (tertiary/aromatic N) is 1. The fourth-order valence-corrected chi connectivity index (χ4v) is 3.18. The number of aromatic nitrogens is 1. The molecule has 6 heteroatoms. The first-order chi connectivity index (χ1) is 12.5. The minimum Gasteiger partial charge on any atom is -0.361 e. The zero-order valence-electron chi connectivity index (χ0n) is 14.4. The molecule has 0 aliphatic rings. The van der Waals surface area contributed by atoms with E-state index in [0.717, 1.165) is 11.1 Å². The summed E-state index contributed by atoms with van der Waals surface area (Å²) in [5.74, 6) is 0.00479. The maximum atomic E-state index is 14.5. The van der Waals surface area contributed by atoms with E-state index < -0.39 is 6.04 Å². The van der Waals surface area contributed by atoms with Gasteiger partial charge in [-0.2, -0.15) is 0 Å². The molecule has 0 aliphatic carbocycles. The van der Waals surface area contributed by atoms with Gasteiger partial charge in [-0.25, -0.2) is 4.39 Å². The van der Waals surface area contributed by atoms with E-state index in [1.54, 1.807) is 26.0 Å². The van der Waals surface area contributed by atoms with Crippen molar-refractivity contribution in [3.8, 4) is 0 Å². The summed E-state index contributed by atoms with van der Waals surface area (Å²) < 4.78 is 20.3. The molecule has 0 spiro atoms. The summed E-state index contributed by atoms with van der Waals surface area (Å²) in [7, 11) is 0. The number of hydrogen-bond donors (Lipinski definition) is 1. The Morgan fingerprint density at radius 2 is 1.96 bits per heavy atom. The smallest absolute Gasteiger partial charge is 0.225 e. The average molecular weight is 417 g/mol. The van der Waals surface area contributed by atoms with Gasteiger partial charge in [-0.05, 0) is 31.5 Å². The van der Waals surface area contributed by atoms with Crippen LogP contribution in [0.5, 0.6) is 0 Å². The van der Waals surface area contributed by atoms with E-state index in [-0.39, 0.29) is 18.1 Å². The highest BCUT2D eigenvalue weighted by molar-refractivity contribution is 9.10. The van der Waals surface area contributed by atoms with Crippen molar-refractivity contribution in [2.75, 3.05) is 0 Å². The van der Waals surface area contributed by atoms with Gasteiger partial charge in [-0.1, -0.05) is 57.5 Å². The number of hydrogen-bond acceptors (Lipinski definition) is 3. The molecule has 0 bridgehead atoms. The highest BCUT2D eigenvalue weighted by Gasteiger charge is 2.22. The van der Waals surface area contributed by atoms with Gasteiger partial charge in [-0.15, -0.1) is 0 Å². The molecule has 26 heavy (non-hydrogen) atoms. The molecule has 1 unspecified atom stereocenters. The van der Waals surface area contributed by atoms with Crippen LogP contribution in [-0.2, 0) is 11.2 Å². The molecule has 0 saturated heterocycles. The van der Waals surface area contributed by atoms with Crippen LogP contribution in [-0.4, -0.2) is 11.1 Å². The van der Waals surface area contributed by atoms with Crippen LogP contribution in [0, 0.1) is 19.7 Å². The van der Waals surface area contributed by atoms with Crippen LogP contribution in [0.3, 0.4) is 0 Å². The van der Waals surface area contributed by atoms with E-state index in [1.165, 1.54) is 6.07 Å². The van der Waals surface area contributed by atoms with Gasteiger partial charge in [-0.3, -0.25) is 4.79 Å². The van der Waals surface area contributed by atoms with Gasteiger partial charge in [0.15, 0.2) is 0 Å². The third-order valence-electron chi connectivity index (χ3n) is 4.23. The molecular weight excluding hydrogens is 399 g/mol. The Morgan fingerprint density at radius 1 is 1.23 bits per heavy atom. The minimum absolute atomic E-state index is 0.128. The van der Waals surface area contributed by atoms with Crippen LogP contribution in [0.2, 0.25) is 0 Å². The standard InChI is InChI=1S/C20H18BrFN2O2/c1-12-17(13(2)26-24-12)11-19(25)23-20(14-6-4-3-5-7-14)16-9-8-15(21)10-18(16)22/h3-10,20H,11H2,1-2H3,(H,23,25). The predicted octanol–water partition coefficient (Wildman–Crippen LogP) is 4.64. The number of nitrogens with one attached hydrogen (secondary N) is 1. The molecule has 2 aromatic carbocycles. The Hall–Kier alpha value is -2.47. The molecule has 3 aromatic rings. The summed E-state index contributed by atoms with van der Waals surface area (Å²) >= 11 is 3.26. The van der Waals surface area contributed by atoms with Crippen LogP contribution < -0.4 is 5.32 Å². The van der Waals surface area contributed by atoms with E-state index in [9.17, 15) is 9.18 Å². The molecular formula is C20H18BrFN2O2. The lowest BCUT2D eigenvalue weighted by atomic mass is 9.97. The second-order valence-electron chi connectivity index (χ2n) is 6.06. The summed E-state index contributed by atoms with van der Waals surface area (Å²) in [5.41, 5.74) is 2.65. The highest BCUT2D eigenvalue weighted by atomic mass is 79.9. The molecule has 1 heterocycles. The molecule has 1 amide bonds. The Labute approximate surface area is 159 Å². The van der Waals surface area contributed by atoms with Crippen molar-refractivity contribution in [2.45, 2.75) is 26.3 Å². The molecule has 3 rings (SSSR count). The molecule has 1 N–H and O–H groups in total. The first-order valence-electron chi connectivity index (χ1n) is 8.16. The Kier molecular flexibility index (Phi) is 5.52. The number of carbonyl (C=O) groups is 1. The van der Waals surface area contributed by atoms with Crippen molar-refractivity contribution in [3.63, 3.8) is 0 Å². The van der Waals surface area contributed by atoms with Gasteiger partial charge in [0.2, 0.25) is 5.91 Å². The molecule has 0 radical (unpaired) electrons. The Morgan fingerprint density at radius 3 is 2.58 bits per heavy atom. The second-order valence-corrected chi connectivity index (χ2v) is 6.97. The first-order valence-corrected chi connectivity index (χ1v) is 8.96. The molecule has 4 nitrogen and oxygen atoms in total. The molecule has 1 aromatic heterocycles. The van der Waals surface area contributed by atoms with Crippen molar-refractivity contribution >= 4 is 21.8 Å². The van der Waals surface area contributed by atoms with Crippen LogP contribution in [0.4, 0.5) is 4.39 Å². The monoisotopic (exact) mass is 416 g/mol. The van der Waals surface area contributed by atoms with Crippen molar-refractivity contribution < 1.29 is 13.7 Å². The number of halogens is 2. The molecule has 0 saturated carbocycles. The number of aryl methyl sites for hydroxylation is 2. The Bertz CT molecular complexity index is 905. The normalized spacial score (nSPS) is 12.0. The lowest BCUT2D eigenvalue weighted by Crippen LogP contribution is -2.31. The number of rotatable bonds is 5. The van der Waals surface area contributed by atoms with E-state index in [1.807, 2.05) is 30.3 Å². The summed E-state index contributed by atoms with van der Waals surface area (Å²) in [6, 6.07) is 13.6. The SMILES string of the molecule is Cc1noc(C)c1CC(=O)NC(c1ccccc1)c1ccc(Br)cc1F. The number of benzene rings is 2. The second kappa shape index (κ2) is 7.83. The van der Waals surface area contributed by atoms with Gasteiger partial charge in [0.05, 0.1) is 18.2 Å². The van der Waals surface area contributed by atoms with Crippen LogP contribution in [0.25, 0.3) is 0 Å². The summed E-state index contributed by atoms with van der Waals surface area (Å²) in [6.07, 6.45) is 0.128. The minimum atomic E-state index is -0.586. The van der Waals surface area contributed by atoms with Crippen LogP contribution in [0.1, 0.15) is 34.2 Å². The number of carbonyl (C=O) groups excluding carboxylic acids is 1. The van der Waals surface area contributed by atoms with Gasteiger partial charge in [0.1, 0.15) is 11.6 Å². The van der Waals surface area contributed by atoms with Crippen molar-refractivity contribution in [3.05, 3.63) is 87.0 Å². The van der Waals surface area contributed by atoms with Crippen molar-refractivity contribution in [1.82, 2.24) is 10.5 Å². The van der Waals surface area contributed by atoms with Gasteiger partial charge >= 0.3 is 0 Å². The van der Waals surface area contributed by atoms with E-state index in [4.69, 9.17) is 4.52 Å². The number of amides is 1. The van der Waals surface area contributed by atoms with Crippen molar-refractivity contribution in [1.29, 1.82) is 0 Å². The summed E-state index contributed by atoms with van der Waals surface area (Å²) in [4.78, 5) is 12.6. The zero-order chi connectivity index (χ0) is 18.7. The lowest BCUT2D eigenvalue weighted by molar-refractivity contribution is -0.121. The van der Waals surface area contributed by atoms with Crippen LogP contribution >= 0.6 is 15.9 Å². The fraction of sp³-hybridized carbons (Fsp3) is 0.200. The third-order valence-corrected chi connectivity index (χ3v) is 4.72. The fourth-order valence-electron chi connectivity index (χ4n) is 2.85. The average Bonchev–Trinajstić information content (AvgIpc) is 2.93. The maximum absolute atomic E-state index is 14.5. The lowest BCUT2D eigenvalue weighted by Gasteiger charge is -2.20. The van der Waals surface area contributed by atoms with Gasteiger partial charge < -0.3 is 9.84 Å². The Balaban J connectivity index is 1.90. The molecule has 1 atom stereocenters. The first kappa shape index (κ1) is 18.3. The largest absolute Gasteiger partial charge is 0.361 e. The third kappa shape index (κ3) is 4.02. The molecule has 134 valence electrons. The van der Waals surface area contributed by atoms with Crippen molar-refractivity contribution in [2.24, 2.45) is 0 Å². The quantitative estimate of drug-likeness (QED) is 0.658. The molecule has 0 aliphatic heterocycles. The van der Waals surface area contributed by atoms with Gasteiger partial charge in [0, 0.05) is 15.6 Å². The van der Waals surface area contributed by atoms with E-state index in [2.05, 4.69) is 26.4 Å². The van der Waals surface area contributed by atoms with Gasteiger partial charge in [0.25, 0.3) is 0 Å². The summed E-state index contributed by atoms with van der Waals surface area (Å²) in [6.45, 7) is 3.56. The maximum Gasteiger partial charge on any atom is 0.225 e. The van der Waals surface area contributed by atoms with Crippen LogP contribution in [0.15, 0.2) is 57.5 Å². The highest BCUT2D eigenvalue weighted by Crippen LogP contribution is 2.27. The van der Waals surface area contributed by atoms with E-state index in [0.29, 0.717) is 21.5 Å².